The Morgan fingerprint density at radius 1 is 1.31 bits per heavy atom. The van der Waals surface area contributed by atoms with Crippen molar-refractivity contribution < 1.29 is 13.2 Å². The van der Waals surface area contributed by atoms with Gasteiger partial charge in [0.1, 0.15) is 0 Å². The third-order valence-corrected chi connectivity index (χ3v) is 9.28. The lowest BCUT2D eigenvalue weighted by Gasteiger charge is -2.34. The molecule has 2 aliphatic rings. The number of hydrogen-bond acceptors (Lipinski definition) is 3. The molecule has 3 rings (SSSR count). The summed E-state index contributed by atoms with van der Waals surface area (Å²) in [5.74, 6) is 0. The van der Waals surface area contributed by atoms with Gasteiger partial charge >= 0.3 is 6.03 Å². The molecule has 0 aromatic heterocycles. The highest BCUT2D eigenvalue weighted by atomic mass is 79.9. The van der Waals surface area contributed by atoms with Crippen LogP contribution in [0.3, 0.4) is 0 Å². The lowest BCUT2D eigenvalue weighted by Crippen LogP contribution is -2.44. The number of nitrogens with zero attached hydrogens (tertiary/aromatic N) is 2. The predicted octanol–water partition coefficient (Wildman–Crippen LogP) is 4.15. The maximum absolute atomic E-state index is 13.1. The van der Waals surface area contributed by atoms with Gasteiger partial charge in [-0.2, -0.15) is 0 Å². The number of carbonyl (C=O) groups excluding carboxylic acids is 1. The van der Waals surface area contributed by atoms with Gasteiger partial charge in [-0.15, -0.1) is 11.6 Å². The van der Waals surface area contributed by atoms with Gasteiger partial charge in [0.15, 0.2) is 0 Å². The van der Waals surface area contributed by atoms with Crippen molar-refractivity contribution in [3.63, 3.8) is 0 Å². The molecule has 26 heavy (non-hydrogen) atoms. The van der Waals surface area contributed by atoms with Crippen molar-refractivity contribution in [1.29, 1.82) is 0 Å². The number of hydrogen-bond donors (Lipinski definition) is 0. The van der Waals surface area contributed by atoms with Crippen LogP contribution in [0.4, 0.5) is 4.79 Å². The van der Waals surface area contributed by atoms with E-state index in [-0.39, 0.29) is 16.0 Å². The molecule has 2 unspecified atom stereocenters. The summed E-state index contributed by atoms with van der Waals surface area (Å²) < 4.78 is 24.8. The van der Waals surface area contributed by atoms with E-state index in [0.29, 0.717) is 23.3 Å². The maximum Gasteiger partial charge on any atom is 0.324 e. The third kappa shape index (κ3) is 3.07. The van der Waals surface area contributed by atoms with Crippen LogP contribution >= 0.6 is 50.7 Å². The lowest BCUT2D eigenvalue weighted by atomic mass is 10.1. The highest BCUT2D eigenvalue weighted by molar-refractivity contribution is 9.10. The Hall–Kier alpha value is -0.730. The van der Waals surface area contributed by atoms with Gasteiger partial charge in [0.25, 0.3) is 0 Å². The summed E-state index contributed by atoms with van der Waals surface area (Å²) in [4.78, 5) is 15.2. The van der Waals surface area contributed by atoms with E-state index in [1.54, 1.807) is 24.1 Å². The zero-order valence-electron chi connectivity index (χ0n) is 13.5. The summed E-state index contributed by atoms with van der Waals surface area (Å²) >= 11 is 22.4. The van der Waals surface area contributed by atoms with E-state index in [2.05, 4.69) is 15.9 Å². The van der Waals surface area contributed by atoms with Gasteiger partial charge in [0.05, 0.1) is 15.3 Å². The number of halogens is 4. The van der Waals surface area contributed by atoms with Crippen molar-refractivity contribution in [2.24, 2.45) is 0 Å². The first-order valence-corrected chi connectivity index (χ1v) is 11.0. The van der Waals surface area contributed by atoms with Gasteiger partial charge < -0.3 is 4.90 Å². The summed E-state index contributed by atoms with van der Waals surface area (Å²) in [5, 5.41) is -1.32. The molecular formula is C16H14BrCl3N2O3S. The molecule has 1 heterocycles. The smallest absolute Gasteiger partial charge is 0.324 e. The number of benzene rings is 1. The Labute approximate surface area is 175 Å². The van der Waals surface area contributed by atoms with Crippen molar-refractivity contribution in [2.75, 3.05) is 20.1 Å². The fraction of sp³-hybridized carbons (Fsp3) is 0.312. The van der Waals surface area contributed by atoms with Gasteiger partial charge in [-0.25, -0.2) is 13.2 Å². The van der Waals surface area contributed by atoms with Crippen LogP contribution in [0.25, 0.3) is 0 Å². The van der Waals surface area contributed by atoms with Gasteiger partial charge in [0.2, 0.25) is 14.0 Å². The molecule has 10 heteroatoms. The van der Waals surface area contributed by atoms with Crippen LogP contribution in [-0.2, 0) is 9.84 Å². The van der Waals surface area contributed by atoms with Crippen LogP contribution in [0, 0.1) is 0 Å². The van der Waals surface area contributed by atoms with E-state index in [4.69, 9.17) is 34.8 Å². The molecule has 1 aliphatic heterocycles. The molecule has 1 fully saturated rings. The minimum atomic E-state index is -4.11. The Morgan fingerprint density at radius 2 is 2.00 bits per heavy atom. The number of rotatable bonds is 3. The first-order valence-electron chi connectivity index (χ1n) is 7.54. The zero-order chi connectivity index (χ0) is 19.3. The molecule has 0 N–H and O–H groups in total. The first kappa shape index (κ1) is 20.0. The fourth-order valence-corrected chi connectivity index (χ4v) is 6.49. The Kier molecular flexibility index (Phi) is 5.40. The average Bonchev–Trinajstić information content (AvgIpc) is 2.91. The van der Waals surface area contributed by atoms with Crippen molar-refractivity contribution >= 4 is 66.6 Å². The van der Waals surface area contributed by atoms with Crippen LogP contribution in [-0.4, -0.2) is 54.0 Å². The number of allylic oxidation sites excluding steroid dienone is 2. The van der Waals surface area contributed by atoms with E-state index >= 15 is 0 Å². The van der Waals surface area contributed by atoms with E-state index in [0.717, 1.165) is 0 Å². The van der Waals surface area contributed by atoms with Gasteiger partial charge in [-0.3, -0.25) is 4.90 Å². The molecular weight excluding hydrogens is 487 g/mol. The molecule has 0 bridgehead atoms. The summed E-state index contributed by atoms with van der Waals surface area (Å²) in [6.07, 6.45) is 2.84. The standard InChI is InChI=1S/C16H14BrCl3N2O3S/c1-21-5-6-22(15(21)23)11-8-13(18)16(20,14(19)9-11)26(24,25)12-4-2-3-10(17)7-12/h2-4,7-9,13H,5-6H2,1H3. The quantitative estimate of drug-likeness (QED) is 0.586. The molecule has 2 atom stereocenters. The fourth-order valence-electron chi connectivity index (χ4n) is 2.80. The normalized spacial score (nSPS) is 26.8. The summed E-state index contributed by atoms with van der Waals surface area (Å²) in [6.45, 7) is 1.01. The number of sulfone groups is 1. The lowest BCUT2D eigenvalue weighted by molar-refractivity contribution is 0.208. The summed E-state index contributed by atoms with van der Waals surface area (Å²) in [7, 11) is -2.43. The molecule has 5 nitrogen and oxygen atoms in total. The maximum atomic E-state index is 13.1. The molecule has 1 saturated heterocycles. The predicted molar refractivity (Wildman–Crippen MR) is 106 cm³/mol. The monoisotopic (exact) mass is 498 g/mol. The summed E-state index contributed by atoms with van der Waals surface area (Å²) in [5.41, 5.74) is 0.435. The Bertz CT molecular complexity index is 934. The molecule has 140 valence electrons. The number of likely N-dealkylation sites (N-methyl/N-ethyl adjacent to an activating group) is 1. The highest BCUT2D eigenvalue weighted by Gasteiger charge is 2.53. The molecule has 1 aromatic carbocycles. The Balaban J connectivity index is 2.02. The van der Waals surface area contributed by atoms with Crippen molar-refractivity contribution in [3.05, 3.63) is 51.6 Å². The van der Waals surface area contributed by atoms with Crippen molar-refractivity contribution in [2.45, 2.75) is 14.5 Å². The molecule has 0 spiro atoms. The van der Waals surface area contributed by atoms with Gasteiger partial charge in [0, 0.05) is 30.3 Å². The van der Waals surface area contributed by atoms with Gasteiger partial charge in [-0.1, -0.05) is 45.2 Å². The van der Waals surface area contributed by atoms with E-state index in [9.17, 15) is 13.2 Å². The largest absolute Gasteiger partial charge is 0.326 e. The van der Waals surface area contributed by atoms with Crippen LogP contribution in [0.5, 0.6) is 0 Å². The average molecular weight is 501 g/mol. The number of carbonyl (C=O) groups is 1. The van der Waals surface area contributed by atoms with Crippen molar-refractivity contribution in [1.82, 2.24) is 9.80 Å². The van der Waals surface area contributed by atoms with Crippen LogP contribution < -0.4 is 0 Å². The third-order valence-electron chi connectivity index (χ3n) is 4.30. The molecule has 0 radical (unpaired) electrons. The topological polar surface area (TPSA) is 57.7 Å². The van der Waals surface area contributed by atoms with Gasteiger partial charge in [-0.05, 0) is 30.4 Å². The van der Waals surface area contributed by atoms with E-state index in [1.807, 2.05) is 0 Å². The minimum absolute atomic E-state index is 0.00657. The van der Waals surface area contributed by atoms with Crippen LogP contribution in [0.2, 0.25) is 0 Å². The molecule has 0 saturated carbocycles. The second-order valence-corrected chi connectivity index (χ2v) is 10.7. The highest BCUT2D eigenvalue weighted by Crippen LogP contribution is 2.47. The van der Waals surface area contributed by atoms with Crippen LogP contribution in [0.15, 0.2) is 56.5 Å². The van der Waals surface area contributed by atoms with E-state index in [1.165, 1.54) is 29.2 Å². The SMILES string of the molecule is CN1CCN(C2=CC(Cl)C(Cl)(S(=O)(=O)c3cccc(Br)c3)C(Cl)=C2)C1=O. The molecule has 2 amide bonds. The van der Waals surface area contributed by atoms with E-state index < -0.39 is 19.4 Å². The van der Waals surface area contributed by atoms with Crippen LogP contribution in [0.1, 0.15) is 0 Å². The zero-order valence-corrected chi connectivity index (χ0v) is 18.2. The second kappa shape index (κ2) is 7.02. The molecule has 1 aliphatic carbocycles. The summed E-state index contributed by atoms with van der Waals surface area (Å²) in [6, 6.07) is 5.93. The first-order chi connectivity index (χ1) is 12.1. The minimum Gasteiger partial charge on any atom is -0.326 e. The number of alkyl halides is 2. The second-order valence-electron chi connectivity index (χ2n) is 5.95. The Morgan fingerprint density at radius 3 is 2.54 bits per heavy atom. The number of urea groups is 1. The number of amides is 2. The molecule has 1 aromatic rings. The van der Waals surface area contributed by atoms with Crippen molar-refractivity contribution in [3.8, 4) is 0 Å².